The Morgan fingerprint density at radius 2 is 1.78 bits per heavy atom. The minimum Gasteiger partial charge on any atom is -0.368 e. The molecular weight excluding hydrogens is 367 g/mol. The summed E-state index contributed by atoms with van der Waals surface area (Å²) in [6, 6.07) is 1.49. The van der Waals surface area contributed by atoms with Gasteiger partial charge in [-0.2, -0.15) is 13.2 Å². The van der Waals surface area contributed by atoms with Gasteiger partial charge in [-0.15, -0.1) is 0 Å². The van der Waals surface area contributed by atoms with Crippen molar-refractivity contribution in [2.75, 3.05) is 32.8 Å². The fraction of sp³-hybridized carbons (Fsp3) is 0.588. The molecule has 2 fully saturated rings. The van der Waals surface area contributed by atoms with Gasteiger partial charge in [0, 0.05) is 45.0 Å². The van der Waals surface area contributed by atoms with Gasteiger partial charge in [0.1, 0.15) is 12.6 Å². The zero-order chi connectivity index (χ0) is 19.6. The summed E-state index contributed by atoms with van der Waals surface area (Å²) in [7, 11) is 0. The number of halogens is 3. The van der Waals surface area contributed by atoms with Crippen LogP contribution in [0.2, 0.25) is 0 Å². The molecule has 0 spiro atoms. The third-order valence-electron chi connectivity index (χ3n) is 4.77. The highest BCUT2D eigenvalue weighted by Crippen LogP contribution is 2.28. The van der Waals surface area contributed by atoms with Gasteiger partial charge in [0.2, 0.25) is 5.91 Å². The van der Waals surface area contributed by atoms with Crippen LogP contribution in [0, 0.1) is 0 Å². The monoisotopic (exact) mass is 387 g/mol. The smallest absolute Gasteiger partial charge is 0.368 e. The first kappa shape index (κ1) is 19.4. The predicted octanol–water partition coefficient (Wildman–Crippen LogP) is 0.717. The second-order valence-corrected chi connectivity index (χ2v) is 6.59. The number of pyridine rings is 1. The van der Waals surface area contributed by atoms with E-state index in [-0.39, 0.29) is 19.0 Å². The molecule has 0 aliphatic carbocycles. The topological polar surface area (TPSA) is 71.9 Å². The molecule has 10 heteroatoms. The molecule has 27 heavy (non-hydrogen) atoms. The van der Waals surface area contributed by atoms with Crippen molar-refractivity contribution < 1.29 is 27.5 Å². The van der Waals surface area contributed by atoms with E-state index in [0.717, 1.165) is 17.1 Å². The number of carbonyl (C=O) groups is 2. The lowest BCUT2D eigenvalue weighted by Gasteiger charge is -2.35. The summed E-state index contributed by atoms with van der Waals surface area (Å²) >= 11 is 0. The van der Waals surface area contributed by atoms with Crippen molar-refractivity contribution in [3.05, 3.63) is 34.2 Å². The first-order valence-corrected chi connectivity index (χ1v) is 8.71. The highest BCUT2D eigenvalue weighted by atomic mass is 19.4. The first-order chi connectivity index (χ1) is 12.8. The van der Waals surface area contributed by atoms with E-state index in [1.165, 1.54) is 4.90 Å². The van der Waals surface area contributed by atoms with Crippen LogP contribution in [-0.4, -0.2) is 65.1 Å². The van der Waals surface area contributed by atoms with Gasteiger partial charge < -0.3 is 19.1 Å². The highest BCUT2D eigenvalue weighted by Gasteiger charge is 2.33. The molecule has 0 saturated carbocycles. The van der Waals surface area contributed by atoms with Crippen molar-refractivity contribution in [1.29, 1.82) is 0 Å². The number of hydrogen-bond acceptors (Lipinski definition) is 4. The molecular formula is C17H20F3N3O4. The fourth-order valence-corrected chi connectivity index (χ4v) is 3.22. The van der Waals surface area contributed by atoms with Crippen LogP contribution >= 0.6 is 0 Å². The molecule has 0 radical (unpaired) electrons. The second-order valence-electron chi connectivity index (χ2n) is 6.59. The number of amides is 2. The number of carbonyl (C=O) groups excluding carboxylic acids is 2. The normalized spacial score (nSPS) is 20.8. The molecule has 3 heterocycles. The molecule has 2 saturated heterocycles. The summed E-state index contributed by atoms with van der Waals surface area (Å²) < 4.78 is 44.5. The van der Waals surface area contributed by atoms with Crippen molar-refractivity contribution >= 4 is 11.8 Å². The van der Waals surface area contributed by atoms with E-state index in [4.69, 9.17) is 4.74 Å². The standard InChI is InChI=1S/C17H20F3N3O4/c18-17(19,20)12-3-4-14(24)23(10-12)11-15(25)21-5-7-22(8-6-21)16(26)13-2-1-9-27-13/h3-4,10,13H,1-2,5-9,11H2. The van der Waals surface area contributed by atoms with E-state index >= 15 is 0 Å². The summed E-state index contributed by atoms with van der Waals surface area (Å²) in [5.74, 6) is -0.547. The highest BCUT2D eigenvalue weighted by molar-refractivity contribution is 5.82. The van der Waals surface area contributed by atoms with Crippen molar-refractivity contribution in [3.8, 4) is 0 Å². The minimum absolute atomic E-state index is 0.0892. The van der Waals surface area contributed by atoms with Crippen LogP contribution in [0.5, 0.6) is 0 Å². The Morgan fingerprint density at radius 3 is 2.37 bits per heavy atom. The average Bonchev–Trinajstić information content (AvgIpc) is 3.16. The van der Waals surface area contributed by atoms with E-state index in [9.17, 15) is 27.6 Å². The molecule has 2 aliphatic heterocycles. The van der Waals surface area contributed by atoms with Crippen LogP contribution in [0.15, 0.2) is 23.1 Å². The summed E-state index contributed by atoms with van der Waals surface area (Å²) in [5.41, 5.74) is -1.66. The van der Waals surface area contributed by atoms with Crippen molar-refractivity contribution in [3.63, 3.8) is 0 Å². The van der Waals surface area contributed by atoms with Crippen LogP contribution in [0.25, 0.3) is 0 Å². The SMILES string of the molecule is O=C(Cn1cc(C(F)(F)F)ccc1=O)N1CCN(C(=O)C2CCCO2)CC1. The Kier molecular flexibility index (Phi) is 5.54. The third-order valence-corrected chi connectivity index (χ3v) is 4.77. The van der Waals surface area contributed by atoms with E-state index in [1.807, 2.05) is 0 Å². The largest absolute Gasteiger partial charge is 0.417 e. The Morgan fingerprint density at radius 1 is 1.11 bits per heavy atom. The molecule has 7 nitrogen and oxygen atoms in total. The molecule has 0 bridgehead atoms. The van der Waals surface area contributed by atoms with Gasteiger partial charge in [-0.1, -0.05) is 0 Å². The van der Waals surface area contributed by atoms with Crippen LogP contribution in [0.1, 0.15) is 18.4 Å². The molecule has 1 unspecified atom stereocenters. The number of piperazine rings is 1. The van der Waals surface area contributed by atoms with Crippen molar-refractivity contribution in [2.24, 2.45) is 0 Å². The molecule has 148 valence electrons. The van der Waals surface area contributed by atoms with Gasteiger partial charge in [0.25, 0.3) is 11.5 Å². The first-order valence-electron chi connectivity index (χ1n) is 8.71. The minimum atomic E-state index is -4.59. The zero-order valence-electron chi connectivity index (χ0n) is 14.6. The summed E-state index contributed by atoms with van der Waals surface area (Å²) in [6.07, 6.45) is -2.82. The molecule has 0 N–H and O–H groups in total. The number of hydrogen-bond donors (Lipinski definition) is 0. The Balaban J connectivity index is 1.58. The number of nitrogens with zero attached hydrogens (tertiary/aromatic N) is 3. The summed E-state index contributed by atoms with van der Waals surface area (Å²) in [6.45, 7) is 1.31. The summed E-state index contributed by atoms with van der Waals surface area (Å²) in [4.78, 5) is 39.5. The van der Waals surface area contributed by atoms with E-state index < -0.39 is 35.9 Å². The van der Waals surface area contributed by atoms with E-state index in [0.29, 0.717) is 38.4 Å². The van der Waals surface area contributed by atoms with Crippen LogP contribution in [0.3, 0.4) is 0 Å². The number of ether oxygens (including phenoxy) is 1. The van der Waals surface area contributed by atoms with Crippen LogP contribution < -0.4 is 5.56 Å². The predicted molar refractivity (Wildman–Crippen MR) is 87.8 cm³/mol. The Labute approximate surface area is 153 Å². The summed E-state index contributed by atoms with van der Waals surface area (Å²) in [5, 5.41) is 0. The maximum Gasteiger partial charge on any atom is 0.417 e. The quantitative estimate of drug-likeness (QED) is 0.766. The molecule has 1 atom stereocenters. The Hall–Kier alpha value is -2.36. The molecule has 2 amide bonds. The maximum atomic E-state index is 12.8. The maximum absolute atomic E-state index is 12.8. The third kappa shape index (κ3) is 4.49. The second kappa shape index (κ2) is 7.71. The van der Waals surface area contributed by atoms with E-state index in [1.54, 1.807) is 4.90 Å². The van der Waals surface area contributed by atoms with Gasteiger partial charge in [-0.25, -0.2) is 0 Å². The van der Waals surface area contributed by atoms with E-state index in [2.05, 4.69) is 0 Å². The molecule has 1 aromatic heterocycles. The molecule has 3 rings (SSSR count). The lowest BCUT2D eigenvalue weighted by atomic mass is 10.2. The number of alkyl halides is 3. The van der Waals surface area contributed by atoms with Crippen LogP contribution in [-0.2, 0) is 27.0 Å². The van der Waals surface area contributed by atoms with Gasteiger partial charge in [0.05, 0.1) is 5.56 Å². The molecule has 1 aromatic rings. The van der Waals surface area contributed by atoms with Gasteiger partial charge >= 0.3 is 6.18 Å². The van der Waals surface area contributed by atoms with Crippen molar-refractivity contribution in [2.45, 2.75) is 31.7 Å². The molecule has 0 aromatic carbocycles. The lowest BCUT2D eigenvalue weighted by Crippen LogP contribution is -2.53. The number of rotatable bonds is 3. The van der Waals surface area contributed by atoms with Gasteiger partial charge in [-0.05, 0) is 18.9 Å². The number of aromatic nitrogens is 1. The van der Waals surface area contributed by atoms with Crippen molar-refractivity contribution in [1.82, 2.24) is 14.4 Å². The average molecular weight is 387 g/mol. The lowest BCUT2D eigenvalue weighted by molar-refractivity contribution is -0.146. The fourth-order valence-electron chi connectivity index (χ4n) is 3.22. The molecule has 2 aliphatic rings. The van der Waals surface area contributed by atoms with Gasteiger partial charge in [0.15, 0.2) is 0 Å². The zero-order valence-corrected chi connectivity index (χ0v) is 14.6. The Bertz CT molecular complexity index is 763. The van der Waals surface area contributed by atoms with Gasteiger partial charge in [-0.3, -0.25) is 14.4 Å². The van der Waals surface area contributed by atoms with Crippen LogP contribution in [0.4, 0.5) is 13.2 Å².